The molecule has 0 amide bonds. The van der Waals surface area contributed by atoms with E-state index in [1.165, 1.54) is 0 Å². The fraction of sp³-hybridized carbons (Fsp3) is 1.00. The smallest absolute Gasteiger partial charge is 0.0949 e. The zero-order valence-corrected chi connectivity index (χ0v) is 6.39. The highest BCUT2D eigenvalue weighted by Gasteiger charge is 2.69. The van der Waals surface area contributed by atoms with E-state index in [1.807, 2.05) is 0 Å². The van der Waals surface area contributed by atoms with E-state index in [4.69, 9.17) is 9.47 Å². The average Bonchev–Trinajstić information content (AvgIpc) is 2.53. The summed E-state index contributed by atoms with van der Waals surface area (Å²) in [4.78, 5) is 0. The summed E-state index contributed by atoms with van der Waals surface area (Å²) >= 11 is 0. The Bertz CT molecular complexity index is 183. The number of hydrogen-bond acceptors (Lipinski definition) is 2. The summed E-state index contributed by atoms with van der Waals surface area (Å²) in [6.07, 6.45) is 3.28. The van der Waals surface area contributed by atoms with Crippen LogP contribution in [0.3, 0.4) is 0 Å². The van der Waals surface area contributed by atoms with Gasteiger partial charge in [0.1, 0.15) is 0 Å². The summed E-state index contributed by atoms with van der Waals surface area (Å²) in [6.45, 7) is 4.39. The van der Waals surface area contributed by atoms with Crippen molar-refractivity contribution in [3.63, 3.8) is 0 Å². The van der Waals surface area contributed by atoms with Gasteiger partial charge in [-0.1, -0.05) is 0 Å². The van der Waals surface area contributed by atoms with Gasteiger partial charge >= 0.3 is 0 Å². The highest BCUT2D eigenvalue weighted by Crippen LogP contribution is 2.59. The van der Waals surface area contributed by atoms with Crippen LogP contribution in [0.15, 0.2) is 0 Å². The van der Waals surface area contributed by atoms with Crippen molar-refractivity contribution in [1.29, 1.82) is 0 Å². The van der Waals surface area contributed by atoms with Crippen LogP contribution in [0.4, 0.5) is 0 Å². The monoisotopic (exact) mass is 140 g/mol. The van der Waals surface area contributed by atoms with Crippen LogP contribution in [0.1, 0.15) is 26.7 Å². The van der Waals surface area contributed by atoms with E-state index in [-0.39, 0.29) is 11.2 Å². The predicted molar refractivity (Wildman–Crippen MR) is 35.8 cm³/mol. The third-order valence-corrected chi connectivity index (χ3v) is 3.20. The van der Waals surface area contributed by atoms with E-state index in [9.17, 15) is 0 Å². The normalized spacial score (nSPS) is 70.2. The Balaban J connectivity index is 1.90. The van der Waals surface area contributed by atoms with Crippen LogP contribution in [0.2, 0.25) is 0 Å². The first-order valence-electron chi connectivity index (χ1n) is 3.98. The summed E-state index contributed by atoms with van der Waals surface area (Å²) < 4.78 is 11.1. The standard InChI is InChI=1S/C8H12O2/c1-7-4-8(2)6(10-8)3-5(7)9-7/h5-6H,3-4H2,1-2H3/t5-,6-,7-,8-/m0/s1. The molecule has 0 aromatic carbocycles. The molecular formula is C8H12O2. The first-order chi connectivity index (χ1) is 4.62. The van der Waals surface area contributed by atoms with Gasteiger partial charge < -0.3 is 9.47 Å². The van der Waals surface area contributed by atoms with Crippen molar-refractivity contribution in [2.24, 2.45) is 0 Å². The molecule has 3 rings (SSSR count). The number of ether oxygens (including phenoxy) is 2. The van der Waals surface area contributed by atoms with Gasteiger partial charge in [-0.2, -0.15) is 0 Å². The molecule has 56 valence electrons. The molecule has 2 heteroatoms. The zero-order chi connectivity index (χ0) is 6.98. The Morgan fingerprint density at radius 3 is 2.00 bits per heavy atom. The average molecular weight is 140 g/mol. The molecule has 0 spiro atoms. The SMILES string of the molecule is C[C@]12C[C@]3(C)O[C@H]3C[C@@H]1O2. The molecule has 3 aliphatic rings. The molecule has 2 saturated heterocycles. The molecule has 0 unspecified atom stereocenters. The summed E-state index contributed by atoms with van der Waals surface area (Å²) in [5.41, 5.74) is 0.392. The van der Waals surface area contributed by atoms with Crippen LogP contribution >= 0.6 is 0 Å². The molecule has 2 nitrogen and oxygen atoms in total. The molecule has 2 heterocycles. The van der Waals surface area contributed by atoms with Crippen LogP contribution in [0.5, 0.6) is 0 Å². The Morgan fingerprint density at radius 1 is 1.10 bits per heavy atom. The van der Waals surface area contributed by atoms with Crippen molar-refractivity contribution in [2.45, 2.75) is 50.1 Å². The fourth-order valence-corrected chi connectivity index (χ4v) is 2.38. The molecule has 0 bridgehead atoms. The van der Waals surface area contributed by atoms with Gasteiger partial charge in [-0.05, 0) is 13.8 Å². The van der Waals surface area contributed by atoms with E-state index in [1.54, 1.807) is 0 Å². The molecular weight excluding hydrogens is 128 g/mol. The van der Waals surface area contributed by atoms with Gasteiger partial charge in [0.15, 0.2) is 0 Å². The van der Waals surface area contributed by atoms with Gasteiger partial charge in [-0.25, -0.2) is 0 Å². The lowest BCUT2D eigenvalue weighted by molar-refractivity contribution is 0.219. The van der Waals surface area contributed by atoms with Gasteiger partial charge in [-0.15, -0.1) is 0 Å². The molecule has 0 aromatic rings. The van der Waals surface area contributed by atoms with Crippen molar-refractivity contribution in [3.05, 3.63) is 0 Å². The number of epoxide rings is 2. The van der Waals surface area contributed by atoms with Crippen molar-refractivity contribution in [3.8, 4) is 0 Å². The second-order valence-electron chi connectivity index (χ2n) is 4.25. The third kappa shape index (κ3) is 0.487. The summed E-state index contributed by atoms with van der Waals surface area (Å²) in [5.74, 6) is 0. The van der Waals surface area contributed by atoms with E-state index in [0.29, 0.717) is 12.2 Å². The van der Waals surface area contributed by atoms with Crippen LogP contribution in [-0.4, -0.2) is 23.4 Å². The highest BCUT2D eigenvalue weighted by atomic mass is 16.6. The maximum absolute atomic E-state index is 5.55. The van der Waals surface area contributed by atoms with Crippen molar-refractivity contribution in [1.82, 2.24) is 0 Å². The topological polar surface area (TPSA) is 25.1 Å². The summed E-state index contributed by atoms with van der Waals surface area (Å²) in [5, 5.41) is 0. The lowest BCUT2D eigenvalue weighted by Crippen LogP contribution is -2.27. The van der Waals surface area contributed by atoms with Gasteiger partial charge in [0, 0.05) is 12.8 Å². The summed E-state index contributed by atoms with van der Waals surface area (Å²) in [7, 11) is 0. The molecule has 3 fully saturated rings. The number of hydrogen-bond donors (Lipinski definition) is 0. The lowest BCUT2D eigenvalue weighted by Gasteiger charge is -2.14. The third-order valence-electron chi connectivity index (χ3n) is 3.20. The minimum absolute atomic E-state index is 0.196. The van der Waals surface area contributed by atoms with Crippen LogP contribution in [-0.2, 0) is 9.47 Å². The summed E-state index contributed by atoms with van der Waals surface area (Å²) in [6, 6.07) is 0. The van der Waals surface area contributed by atoms with E-state index in [2.05, 4.69) is 13.8 Å². The minimum Gasteiger partial charge on any atom is -0.366 e. The Hall–Kier alpha value is -0.0800. The lowest BCUT2D eigenvalue weighted by atomic mass is 9.83. The van der Waals surface area contributed by atoms with Gasteiger partial charge in [0.25, 0.3) is 0 Å². The predicted octanol–water partition coefficient (Wildman–Crippen LogP) is 1.10. The first kappa shape index (κ1) is 5.56. The van der Waals surface area contributed by atoms with Crippen LogP contribution < -0.4 is 0 Å². The van der Waals surface area contributed by atoms with Crippen LogP contribution in [0, 0.1) is 0 Å². The van der Waals surface area contributed by atoms with Crippen molar-refractivity contribution >= 4 is 0 Å². The molecule has 10 heavy (non-hydrogen) atoms. The zero-order valence-electron chi connectivity index (χ0n) is 6.39. The van der Waals surface area contributed by atoms with E-state index in [0.717, 1.165) is 12.8 Å². The van der Waals surface area contributed by atoms with Gasteiger partial charge in [0.2, 0.25) is 0 Å². The fourth-order valence-electron chi connectivity index (χ4n) is 2.38. The molecule has 2 aliphatic heterocycles. The maximum atomic E-state index is 5.55. The second-order valence-corrected chi connectivity index (χ2v) is 4.25. The van der Waals surface area contributed by atoms with Crippen LogP contribution in [0.25, 0.3) is 0 Å². The highest BCUT2D eigenvalue weighted by molar-refractivity contribution is 5.18. The molecule has 1 saturated carbocycles. The largest absolute Gasteiger partial charge is 0.366 e. The molecule has 0 aromatic heterocycles. The van der Waals surface area contributed by atoms with Gasteiger partial charge in [-0.3, -0.25) is 0 Å². The number of fused-ring (bicyclic) bond motifs is 2. The maximum Gasteiger partial charge on any atom is 0.0949 e. The van der Waals surface area contributed by atoms with Crippen molar-refractivity contribution < 1.29 is 9.47 Å². The van der Waals surface area contributed by atoms with E-state index >= 15 is 0 Å². The molecule has 0 radical (unpaired) electrons. The molecule has 4 atom stereocenters. The molecule has 0 N–H and O–H groups in total. The van der Waals surface area contributed by atoms with Gasteiger partial charge in [0.05, 0.1) is 23.4 Å². The van der Waals surface area contributed by atoms with Crippen molar-refractivity contribution in [2.75, 3.05) is 0 Å². The van der Waals surface area contributed by atoms with E-state index < -0.39 is 0 Å². The second kappa shape index (κ2) is 1.16. The molecule has 1 aliphatic carbocycles. The number of rotatable bonds is 0. The Labute approximate surface area is 60.5 Å². The quantitative estimate of drug-likeness (QED) is 0.471. The Morgan fingerprint density at radius 2 is 1.60 bits per heavy atom. The first-order valence-corrected chi connectivity index (χ1v) is 3.98. The minimum atomic E-state index is 0.196. The Kier molecular flexibility index (Phi) is 0.647.